The van der Waals surface area contributed by atoms with Crippen molar-refractivity contribution in [3.63, 3.8) is 0 Å². The molecule has 2 aliphatic carbocycles. The first-order valence-electron chi connectivity index (χ1n) is 7.76. The van der Waals surface area contributed by atoms with E-state index in [0.29, 0.717) is 36.1 Å². The van der Waals surface area contributed by atoms with Gasteiger partial charge in [-0.05, 0) is 24.3 Å². The molecule has 2 N–H and O–H groups in total. The molecule has 0 spiro atoms. The maximum atomic E-state index is 11.3. The van der Waals surface area contributed by atoms with Gasteiger partial charge >= 0.3 is 0 Å². The van der Waals surface area contributed by atoms with Crippen LogP contribution in [-0.2, 0) is 35.6 Å². The monoisotopic (exact) mass is 384 g/mol. The van der Waals surface area contributed by atoms with Crippen LogP contribution in [0.4, 0.5) is 0 Å². The average molecular weight is 385 g/mol. The second-order valence-electron chi connectivity index (χ2n) is 5.20. The smallest absolute Gasteiger partial charge is 0.198 e. The zero-order valence-electron chi connectivity index (χ0n) is 13.4. The van der Waals surface area contributed by atoms with E-state index in [1.807, 2.05) is 12.2 Å². The van der Waals surface area contributed by atoms with Crippen molar-refractivity contribution in [3.05, 3.63) is 71.5 Å². The maximum Gasteiger partial charge on any atom is 0.198 e. The Kier molecular flexibility index (Phi) is 6.84. The van der Waals surface area contributed by atoms with Gasteiger partial charge in [0.15, 0.2) is 23.3 Å². The van der Waals surface area contributed by atoms with Gasteiger partial charge in [-0.25, -0.2) is 0 Å². The molecule has 134 valence electrons. The third-order valence-corrected chi connectivity index (χ3v) is 3.53. The van der Waals surface area contributed by atoms with E-state index in [1.165, 1.54) is 12.2 Å². The molecule has 0 aromatic heterocycles. The Balaban J connectivity index is 0.000000173. The van der Waals surface area contributed by atoms with Crippen LogP contribution >= 0.6 is 0 Å². The molecule has 0 unspecified atom stereocenters. The predicted octanol–water partition coefficient (Wildman–Crippen LogP) is 1.02. The molecule has 2 fully saturated rings. The van der Waals surface area contributed by atoms with Gasteiger partial charge in [-0.3, -0.25) is 9.59 Å². The van der Waals surface area contributed by atoms with Gasteiger partial charge in [-0.15, -0.1) is 0 Å². The van der Waals surface area contributed by atoms with E-state index in [1.54, 1.807) is 24.3 Å². The molecule has 6 nitrogen and oxygen atoms in total. The van der Waals surface area contributed by atoms with Gasteiger partial charge in [0.05, 0.1) is 24.2 Å². The minimum atomic E-state index is 0. The van der Waals surface area contributed by atoms with Gasteiger partial charge < -0.3 is 20.1 Å². The minimum Gasteiger partial charge on any atom is -0.477 e. The van der Waals surface area contributed by atoms with Crippen molar-refractivity contribution in [2.75, 3.05) is 26.3 Å². The number of nitrogens with one attached hydrogen (secondary N) is 2. The molecule has 0 amide bonds. The molecule has 0 bridgehead atoms. The number of ketones is 2. The van der Waals surface area contributed by atoms with Crippen LogP contribution in [0.5, 0.6) is 0 Å². The van der Waals surface area contributed by atoms with E-state index < -0.39 is 0 Å². The molecule has 0 radical (unpaired) electrons. The molecule has 7 heteroatoms. The van der Waals surface area contributed by atoms with Gasteiger partial charge in [0, 0.05) is 16.5 Å². The SMILES string of the molecule is O=C1C=CC=C/C1=C1/NCCO1.O=C1C=CC=C/C1=C1/NCCO1.[Ni]. The van der Waals surface area contributed by atoms with E-state index in [-0.39, 0.29) is 28.1 Å². The summed E-state index contributed by atoms with van der Waals surface area (Å²) in [5.74, 6) is 1.23. The topological polar surface area (TPSA) is 76.7 Å². The van der Waals surface area contributed by atoms with Crippen molar-refractivity contribution in [1.82, 2.24) is 10.6 Å². The Bertz CT molecular complexity index is 651. The molecule has 0 atom stereocenters. The number of hydrogen-bond acceptors (Lipinski definition) is 6. The summed E-state index contributed by atoms with van der Waals surface area (Å²) in [6.45, 7) is 2.85. The van der Waals surface area contributed by atoms with Crippen LogP contribution in [0.3, 0.4) is 0 Å². The standard InChI is InChI=1S/2C9H9NO2.Ni/c2*11-8-4-2-1-3-7(8)9-10-5-6-12-9;/h2*1-4,10H,5-6H2;/b2*9-7+;. The molecule has 2 saturated heterocycles. The predicted molar refractivity (Wildman–Crippen MR) is 88.5 cm³/mol. The Hall–Kier alpha value is -2.53. The van der Waals surface area contributed by atoms with E-state index in [0.717, 1.165) is 13.1 Å². The van der Waals surface area contributed by atoms with Crippen molar-refractivity contribution >= 4 is 11.6 Å². The summed E-state index contributed by atoms with van der Waals surface area (Å²) in [5.41, 5.74) is 1.24. The van der Waals surface area contributed by atoms with Gasteiger partial charge in [0.2, 0.25) is 0 Å². The zero-order chi connectivity index (χ0) is 16.8. The number of carbonyl (C=O) groups is 2. The van der Waals surface area contributed by atoms with Crippen LogP contribution in [0.2, 0.25) is 0 Å². The second-order valence-corrected chi connectivity index (χ2v) is 5.20. The molecule has 4 rings (SSSR count). The third-order valence-electron chi connectivity index (χ3n) is 3.53. The van der Waals surface area contributed by atoms with Crippen LogP contribution in [0.25, 0.3) is 0 Å². The molecule has 4 aliphatic rings. The number of ether oxygens (including phenoxy) is 2. The zero-order valence-corrected chi connectivity index (χ0v) is 14.4. The summed E-state index contributed by atoms with van der Waals surface area (Å²) in [4.78, 5) is 22.5. The largest absolute Gasteiger partial charge is 0.477 e. The summed E-state index contributed by atoms with van der Waals surface area (Å²) in [6.07, 6.45) is 13.7. The van der Waals surface area contributed by atoms with Crippen LogP contribution in [0.1, 0.15) is 0 Å². The molecule has 0 saturated carbocycles. The molecular formula is C18H18N2NiO4. The average Bonchev–Trinajstić information content (AvgIpc) is 3.30. The van der Waals surface area contributed by atoms with Gasteiger partial charge in [-0.2, -0.15) is 0 Å². The fraction of sp³-hybridized carbons (Fsp3) is 0.222. The quantitative estimate of drug-likeness (QED) is 0.479. The minimum absolute atomic E-state index is 0. The summed E-state index contributed by atoms with van der Waals surface area (Å²) in [5, 5.41) is 6.02. The Morgan fingerprint density at radius 2 is 1.08 bits per heavy atom. The molecule has 2 heterocycles. The Morgan fingerprint density at radius 1 is 0.680 bits per heavy atom. The van der Waals surface area contributed by atoms with Crippen molar-refractivity contribution in [2.45, 2.75) is 0 Å². The molecule has 25 heavy (non-hydrogen) atoms. The van der Waals surface area contributed by atoms with Crippen molar-refractivity contribution in [2.24, 2.45) is 0 Å². The summed E-state index contributed by atoms with van der Waals surface area (Å²) in [7, 11) is 0. The molecule has 0 aromatic carbocycles. The van der Waals surface area contributed by atoms with Crippen LogP contribution in [-0.4, -0.2) is 37.9 Å². The van der Waals surface area contributed by atoms with Crippen molar-refractivity contribution < 1.29 is 35.6 Å². The molecular weight excluding hydrogens is 367 g/mol. The van der Waals surface area contributed by atoms with Crippen molar-refractivity contribution in [1.29, 1.82) is 0 Å². The Labute approximate surface area is 155 Å². The van der Waals surface area contributed by atoms with E-state index in [4.69, 9.17) is 9.47 Å². The van der Waals surface area contributed by atoms with Gasteiger partial charge in [0.1, 0.15) is 13.2 Å². The first-order chi connectivity index (χ1) is 11.8. The summed E-state index contributed by atoms with van der Waals surface area (Å²) in [6, 6.07) is 0. The van der Waals surface area contributed by atoms with E-state index >= 15 is 0 Å². The maximum absolute atomic E-state index is 11.3. The number of allylic oxidation sites excluding steroid dienone is 10. The number of hydrogen-bond donors (Lipinski definition) is 2. The van der Waals surface area contributed by atoms with Gasteiger partial charge in [-0.1, -0.05) is 24.3 Å². The Morgan fingerprint density at radius 3 is 1.40 bits per heavy atom. The van der Waals surface area contributed by atoms with Gasteiger partial charge in [0.25, 0.3) is 0 Å². The van der Waals surface area contributed by atoms with E-state index in [2.05, 4.69) is 10.6 Å². The fourth-order valence-corrected chi connectivity index (χ4v) is 2.39. The van der Waals surface area contributed by atoms with Crippen LogP contribution < -0.4 is 10.6 Å². The first-order valence-corrected chi connectivity index (χ1v) is 7.76. The van der Waals surface area contributed by atoms with Crippen LogP contribution in [0.15, 0.2) is 71.5 Å². The summed E-state index contributed by atoms with van der Waals surface area (Å²) < 4.78 is 10.5. The second kappa shape index (κ2) is 9.09. The van der Waals surface area contributed by atoms with Crippen molar-refractivity contribution in [3.8, 4) is 0 Å². The fourth-order valence-electron chi connectivity index (χ4n) is 2.39. The van der Waals surface area contributed by atoms with Crippen LogP contribution in [0, 0.1) is 0 Å². The molecule has 2 aliphatic heterocycles. The van der Waals surface area contributed by atoms with E-state index in [9.17, 15) is 9.59 Å². The first kappa shape index (κ1) is 18.8. The summed E-state index contributed by atoms with van der Waals surface area (Å²) >= 11 is 0. The number of rotatable bonds is 0. The third kappa shape index (κ3) is 4.73. The number of carbonyl (C=O) groups excluding carboxylic acids is 2. The normalized spacial score (nSPS) is 26.1. The molecule has 0 aromatic rings.